The highest BCUT2D eigenvalue weighted by molar-refractivity contribution is 6.23. The van der Waals surface area contributed by atoms with Gasteiger partial charge >= 0.3 is 0 Å². The Kier molecular flexibility index (Phi) is 3.16. The first-order chi connectivity index (χ1) is 5.99. The summed E-state index contributed by atoms with van der Waals surface area (Å²) in [6, 6.07) is 10.2. The van der Waals surface area contributed by atoms with E-state index in [4.69, 9.17) is 11.6 Å². The van der Waals surface area contributed by atoms with Crippen LogP contribution in [0, 0.1) is 0 Å². The molecule has 13 heavy (non-hydrogen) atoms. The molecule has 0 saturated heterocycles. The lowest BCUT2D eigenvalue weighted by molar-refractivity contribution is 0.722. The molecule has 0 spiro atoms. The molecule has 0 radical (unpaired) electrons. The quantitative estimate of drug-likeness (QED) is 0.636. The number of halogens is 1. The van der Waals surface area contributed by atoms with Gasteiger partial charge in [-0.05, 0) is 31.4 Å². The summed E-state index contributed by atoms with van der Waals surface area (Å²) in [6.45, 7) is 8.03. The Morgan fingerprint density at radius 1 is 1.31 bits per heavy atom. The highest BCUT2D eigenvalue weighted by Crippen LogP contribution is 2.27. The van der Waals surface area contributed by atoms with Gasteiger partial charge in [-0.2, -0.15) is 0 Å². The zero-order chi connectivity index (χ0) is 9.90. The van der Waals surface area contributed by atoms with Crippen LogP contribution in [0.2, 0.25) is 0 Å². The van der Waals surface area contributed by atoms with Gasteiger partial charge in [0.25, 0.3) is 0 Å². The lowest BCUT2D eigenvalue weighted by atomic mass is 9.97. The van der Waals surface area contributed by atoms with Gasteiger partial charge in [0.2, 0.25) is 0 Å². The van der Waals surface area contributed by atoms with Crippen LogP contribution in [0.4, 0.5) is 0 Å². The molecule has 0 aliphatic heterocycles. The molecule has 0 fully saturated rings. The summed E-state index contributed by atoms with van der Waals surface area (Å²) >= 11 is 6.12. The fourth-order valence-electron chi connectivity index (χ4n) is 1.28. The summed E-state index contributed by atoms with van der Waals surface area (Å²) in [5, 5.41) is 0. The largest absolute Gasteiger partial charge is 0.120 e. The van der Waals surface area contributed by atoms with Gasteiger partial charge in [0.05, 0.1) is 0 Å². The highest BCUT2D eigenvalue weighted by atomic mass is 35.5. The molecule has 0 saturated carbocycles. The van der Waals surface area contributed by atoms with Crippen molar-refractivity contribution in [3.05, 3.63) is 42.5 Å². The number of allylic oxidation sites excluding steroid dienone is 1. The Bertz CT molecular complexity index is 280. The van der Waals surface area contributed by atoms with Gasteiger partial charge in [-0.1, -0.05) is 36.9 Å². The molecule has 0 amide bonds. The predicted molar refractivity (Wildman–Crippen MR) is 60.0 cm³/mol. The van der Waals surface area contributed by atoms with Crippen LogP contribution in [-0.4, -0.2) is 4.87 Å². The Morgan fingerprint density at radius 3 is 2.31 bits per heavy atom. The van der Waals surface area contributed by atoms with Crippen LogP contribution in [0.5, 0.6) is 0 Å². The predicted octanol–water partition coefficient (Wildman–Crippen LogP) is 4.11. The summed E-state index contributed by atoms with van der Waals surface area (Å²) in [5.74, 6) is 0. The second-order valence-corrected chi connectivity index (χ2v) is 4.89. The van der Waals surface area contributed by atoms with Crippen molar-refractivity contribution in [2.75, 3.05) is 0 Å². The van der Waals surface area contributed by atoms with Gasteiger partial charge in [-0.15, -0.1) is 11.6 Å². The zero-order valence-corrected chi connectivity index (χ0v) is 8.93. The van der Waals surface area contributed by atoms with Gasteiger partial charge in [-0.25, -0.2) is 0 Å². The fourth-order valence-corrected chi connectivity index (χ4v) is 1.44. The van der Waals surface area contributed by atoms with Crippen LogP contribution in [0.25, 0.3) is 5.57 Å². The first-order valence-electron chi connectivity index (χ1n) is 4.41. The Balaban J connectivity index is 2.71. The molecular weight excluding hydrogens is 180 g/mol. The van der Waals surface area contributed by atoms with E-state index in [1.54, 1.807) is 0 Å². The zero-order valence-electron chi connectivity index (χ0n) is 8.18. The standard InChI is InChI=1S/C12H15Cl/c1-10(9-12(2,3)13)11-7-5-4-6-8-11/h4-8H,1,9H2,2-3H3. The molecule has 1 aromatic carbocycles. The molecule has 0 unspecified atom stereocenters. The molecule has 0 atom stereocenters. The van der Waals surface area contributed by atoms with Crippen molar-refractivity contribution < 1.29 is 0 Å². The minimum Gasteiger partial charge on any atom is -0.120 e. The van der Waals surface area contributed by atoms with Crippen molar-refractivity contribution in [2.24, 2.45) is 0 Å². The molecule has 1 aromatic rings. The number of hydrogen-bond donors (Lipinski definition) is 0. The Morgan fingerprint density at radius 2 is 1.85 bits per heavy atom. The summed E-state index contributed by atoms with van der Waals surface area (Å²) in [4.78, 5) is -0.201. The van der Waals surface area contributed by atoms with E-state index >= 15 is 0 Å². The van der Waals surface area contributed by atoms with Gasteiger partial charge in [-0.3, -0.25) is 0 Å². The van der Waals surface area contributed by atoms with Crippen molar-refractivity contribution in [3.63, 3.8) is 0 Å². The summed E-state index contributed by atoms with van der Waals surface area (Å²) in [5.41, 5.74) is 2.27. The molecule has 0 aliphatic carbocycles. The third-order valence-electron chi connectivity index (χ3n) is 1.82. The second kappa shape index (κ2) is 3.97. The monoisotopic (exact) mass is 194 g/mol. The van der Waals surface area contributed by atoms with Crippen LogP contribution < -0.4 is 0 Å². The molecule has 0 heterocycles. The van der Waals surface area contributed by atoms with Crippen molar-refractivity contribution in [2.45, 2.75) is 25.1 Å². The van der Waals surface area contributed by atoms with Crippen LogP contribution in [0.1, 0.15) is 25.8 Å². The van der Waals surface area contributed by atoms with Crippen molar-refractivity contribution in [3.8, 4) is 0 Å². The third kappa shape index (κ3) is 3.65. The summed E-state index contributed by atoms with van der Waals surface area (Å²) in [6.07, 6.45) is 0.818. The topological polar surface area (TPSA) is 0 Å². The first kappa shape index (κ1) is 10.3. The normalized spacial score (nSPS) is 11.3. The maximum absolute atomic E-state index is 6.12. The first-order valence-corrected chi connectivity index (χ1v) is 4.79. The van der Waals surface area contributed by atoms with Gasteiger partial charge in [0.1, 0.15) is 0 Å². The number of rotatable bonds is 3. The number of hydrogen-bond acceptors (Lipinski definition) is 0. The molecule has 0 aliphatic rings. The summed E-state index contributed by atoms with van der Waals surface area (Å²) < 4.78 is 0. The van der Waals surface area contributed by atoms with Crippen molar-refractivity contribution in [1.29, 1.82) is 0 Å². The van der Waals surface area contributed by atoms with Gasteiger partial charge in [0.15, 0.2) is 0 Å². The van der Waals surface area contributed by atoms with Crippen molar-refractivity contribution in [1.82, 2.24) is 0 Å². The molecule has 0 bridgehead atoms. The van der Waals surface area contributed by atoms with E-state index < -0.39 is 0 Å². The van der Waals surface area contributed by atoms with Gasteiger partial charge < -0.3 is 0 Å². The van der Waals surface area contributed by atoms with Crippen LogP contribution in [0.3, 0.4) is 0 Å². The fraction of sp³-hybridized carbons (Fsp3) is 0.333. The number of alkyl halides is 1. The molecule has 0 aromatic heterocycles. The van der Waals surface area contributed by atoms with Crippen LogP contribution >= 0.6 is 11.6 Å². The van der Waals surface area contributed by atoms with Crippen LogP contribution in [0.15, 0.2) is 36.9 Å². The lowest BCUT2D eigenvalue weighted by Gasteiger charge is -2.17. The molecule has 1 heteroatoms. The third-order valence-corrected chi connectivity index (χ3v) is 1.95. The average Bonchev–Trinajstić information content (AvgIpc) is 2.03. The lowest BCUT2D eigenvalue weighted by Crippen LogP contribution is -2.09. The molecular formula is C12H15Cl. The molecule has 0 N–H and O–H groups in total. The maximum atomic E-state index is 6.12. The Hall–Kier alpha value is -0.750. The second-order valence-electron chi connectivity index (χ2n) is 3.87. The molecule has 1 rings (SSSR count). The molecule has 0 nitrogen and oxygen atoms in total. The van der Waals surface area contributed by atoms with Gasteiger partial charge in [0, 0.05) is 4.87 Å². The Labute approximate surface area is 85.2 Å². The van der Waals surface area contributed by atoms with E-state index in [-0.39, 0.29) is 4.87 Å². The van der Waals surface area contributed by atoms with E-state index in [0.29, 0.717) is 0 Å². The van der Waals surface area contributed by atoms with E-state index in [1.807, 2.05) is 32.0 Å². The van der Waals surface area contributed by atoms with E-state index in [1.165, 1.54) is 5.56 Å². The SMILES string of the molecule is C=C(CC(C)(C)Cl)c1ccccc1. The average molecular weight is 195 g/mol. The highest BCUT2D eigenvalue weighted by Gasteiger charge is 2.15. The minimum absolute atomic E-state index is 0.201. The number of benzene rings is 1. The van der Waals surface area contributed by atoms with E-state index in [2.05, 4.69) is 18.7 Å². The smallest absolute Gasteiger partial charge is 0.0430 e. The van der Waals surface area contributed by atoms with E-state index in [9.17, 15) is 0 Å². The summed E-state index contributed by atoms with van der Waals surface area (Å²) in [7, 11) is 0. The minimum atomic E-state index is -0.201. The molecule has 70 valence electrons. The van der Waals surface area contributed by atoms with Crippen LogP contribution in [-0.2, 0) is 0 Å². The maximum Gasteiger partial charge on any atom is 0.0430 e. The van der Waals surface area contributed by atoms with E-state index in [0.717, 1.165) is 12.0 Å². The van der Waals surface area contributed by atoms with Crippen molar-refractivity contribution >= 4 is 17.2 Å².